The van der Waals surface area contributed by atoms with Gasteiger partial charge in [0.15, 0.2) is 6.61 Å². The van der Waals surface area contributed by atoms with Crippen molar-refractivity contribution in [3.8, 4) is 0 Å². The fourth-order valence-electron chi connectivity index (χ4n) is 3.48. The number of rotatable bonds is 9. The smallest absolute Gasteiger partial charge is 0.348 e. The van der Waals surface area contributed by atoms with E-state index >= 15 is 0 Å². The van der Waals surface area contributed by atoms with Gasteiger partial charge in [-0.25, -0.2) is 4.79 Å². The Morgan fingerprint density at radius 1 is 1.00 bits per heavy atom. The van der Waals surface area contributed by atoms with Gasteiger partial charge in [-0.3, -0.25) is 4.79 Å². The summed E-state index contributed by atoms with van der Waals surface area (Å²) in [4.78, 5) is 26.1. The van der Waals surface area contributed by atoms with Crippen molar-refractivity contribution in [2.45, 2.75) is 32.6 Å². The molecule has 0 atom stereocenters. The van der Waals surface area contributed by atoms with Crippen LogP contribution in [0.1, 0.15) is 50.5 Å². The lowest BCUT2D eigenvalue weighted by Crippen LogP contribution is -2.30. The van der Waals surface area contributed by atoms with Crippen LogP contribution in [0.4, 0.5) is 0 Å². The van der Waals surface area contributed by atoms with Gasteiger partial charge in [-0.05, 0) is 42.5 Å². The Morgan fingerprint density at radius 2 is 1.60 bits per heavy atom. The highest BCUT2D eigenvalue weighted by molar-refractivity contribution is 7.14. The highest BCUT2D eigenvalue weighted by Gasteiger charge is 2.16. The van der Waals surface area contributed by atoms with Crippen LogP contribution in [0, 0.1) is 6.92 Å². The van der Waals surface area contributed by atoms with E-state index in [1.165, 1.54) is 27.3 Å². The first-order chi connectivity index (χ1) is 14.6. The van der Waals surface area contributed by atoms with Crippen molar-refractivity contribution in [3.05, 3.63) is 93.2 Å². The number of esters is 1. The molecule has 1 amide bonds. The maximum Gasteiger partial charge on any atom is 0.348 e. The van der Waals surface area contributed by atoms with Crippen LogP contribution in [0.15, 0.2) is 66.7 Å². The molecule has 0 fully saturated rings. The molecule has 2 aromatic carbocycles. The molecule has 0 aliphatic carbocycles. The van der Waals surface area contributed by atoms with Crippen LogP contribution in [0.5, 0.6) is 0 Å². The lowest BCUT2D eigenvalue weighted by atomic mass is 9.88. The van der Waals surface area contributed by atoms with Crippen molar-refractivity contribution >= 4 is 23.2 Å². The zero-order chi connectivity index (χ0) is 21.3. The molecule has 0 bridgehead atoms. The average Bonchev–Trinajstić information content (AvgIpc) is 3.17. The van der Waals surface area contributed by atoms with Gasteiger partial charge in [0.2, 0.25) is 0 Å². The molecule has 3 rings (SSSR count). The van der Waals surface area contributed by atoms with Crippen molar-refractivity contribution in [2.75, 3.05) is 13.2 Å². The molecular formula is C25H27NO3S. The molecule has 156 valence electrons. The van der Waals surface area contributed by atoms with E-state index in [0.717, 1.165) is 18.4 Å². The Morgan fingerprint density at radius 3 is 2.13 bits per heavy atom. The molecule has 0 radical (unpaired) electrons. The second kappa shape index (κ2) is 10.7. The number of carbonyl (C=O) groups is 2. The van der Waals surface area contributed by atoms with E-state index in [4.69, 9.17) is 4.74 Å². The molecule has 1 aromatic heterocycles. The highest BCUT2D eigenvalue weighted by atomic mass is 32.1. The number of benzene rings is 2. The van der Waals surface area contributed by atoms with E-state index in [1.807, 2.05) is 49.4 Å². The SMILES string of the molecule is CCc1sc(C(=O)OCC(=O)NCCC(c2ccccc2)c2ccccc2)cc1C. The van der Waals surface area contributed by atoms with Gasteiger partial charge in [-0.15, -0.1) is 11.3 Å². The molecule has 1 heterocycles. The third-order valence-corrected chi connectivity index (χ3v) is 6.40. The Labute approximate surface area is 181 Å². The fourth-order valence-corrected chi connectivity index (χ4v) is 4.48. The van der Waals surface area contributed by atoms with E-state index in [0.29, 0.717) is 11.4 Å². The highest BCUT2D eigenvalue weighted by Crippen LogP contribution is 2.27. The number of carbonyl (C=O) groups excluding carboxylic acids is 2. The minimum absolute atomic E-state index is 0.191. The molecule has 0 aliphatic heterocycles. The minimum Gasteiger partial charge on any atom is -0.451 e. The second-order valence-corrected chi connectivity index (χ2v) is 8.30. The standard InChI is InChI=1S/C25H27NO3S/c1-3-22-18(2)16-23(30-22)25(28)29-17-24(27)26-15-14-21(19-10-6-4-7-11-19)20-12-8-5-9-13-20/h4-13,16,21H,3,14-15,17H2,1-2H3,(H,26,27). The number of amides is 1. The van der Waals surface area contributed by atoms with Gasteiger partial charge in [-0.1, -0.05) is 67.6 Å². The van der Waals surface area contributed by atoms with Crippen molar-refractivity contribution in [1.82, 2.24) is 5.32 Å². The largest absolute Gasteiger partial charge is 0.451 e. The van der Waals surface area contributed by atoms with Crippen LogP contribution in [0.2, 0.25) is 0 Å². The first kappa shape index (κ1) is 21.8. The van der Waals surface area contributed by atoms with E-state index in [9.17, 15) is 9.59 Å². The van der Waals surface area contributed by atoms with Gasteiger partial charge in [0.05, 0.1) is 0 Å². The minimum atomic E-state index is -0.440. The van der Waals surface area contributed by atoms with Crippen molar-refractivity contribution in [1.29, 1.82) is 0 Å². The summed E-state index contributed by atoms with van der Waals surface area (Å²) in [6.07, 6.45) is 1.64. The van der Waals surface area contributed by atoms with E-state index in [2.05, 4.69) is 36.5 Å². The van der Waals surface area contributed by atoms with Gasteiger partial charge in [0.1, 0.15) is 4.88 Å². The van der Waals surface area contributed by atoms with Crippen LogP contribution in [-0.4, -0.2) is 25.0 Å². The van der Waals surface area contributed by atoms with Crippen LogP contribution in [0.3, 0.4) is 0 Å². The van der Waals surface area contributed by atoms with Gasteiger partial charge >= 0.3 is 5.97 Å². The average molecular weight is 422 g/mol. The molecule has 0 spiro atoms. The molecular weight excluding hydrogens is 394 g/mol. The Bertz CT molecular complexity index is 927. The molecule has 3 aromatic rings. The molecule has 5 heteroatoms. The van der Waals surface area contributed by atoms with Gasteiger partial charge < -0.3 is 10.1 Å². The first-order valence-electron chi connectivity index (χ1n) is 10.2. The number of hydrogen-bond acceptors (Lipinski definition) is 4. The maximum absolute atomic E-state index is 12.2. The van der Waals surface area contributed by atoms with E-state index in [1.54, 1.807) is 0 Å². The summed E-state index contributed by atoms with van der Waals surface area (Å²) in [5.41, 5.74) is 3.51. The molecule has 0 saturated carbocycles. The van der Waals surface area contributed by atoms with Crippen LogP contribution < -0.4 is 5.32 Å². The summed E-state index contributed by atoms with van der Waals surface area (Å²) in [6, 6.07) is 22.4. The summed E-state index contributed by atoms with van der Waals surface area (Å²) >= 11 is 1.43. The molecule has 0 saturated heterocycles. The fraction of sp³-hybridized carbons (Fsp3) is 0.280. The topological polar surface area (TPSA) is 55.4 Å². The Hall–Kier alpha value is -2.92. The summed E-state index contributed by atoms with van der Waals surface area (Å²) in [7, 11) is 0. The van der Waals surface area contributed by atoms with Gasteiger partial charge in [0, 0.05) is 17.3 Å². The zero-order valence-electron chi connectivity index (χ0n) is 17.4. The second-order valence-electron chi connectivity index (χ2n) is 7.16. The Kier molecular flexibility index (Phi) is 7.80. The predicted octanol–water partition coefficient (Wildman–Crippen LogP) is 5.11. The van der Waals surface area contributed by atoms with E-state index in [-0.39, 0.29) is 18.4 Å². The molecule has 0 unspecified atom stereocenters. The molecule has 1 N–H and O–H groups in total. The summed E-state index contributed by atoms with van der Waals surface area (Å²) in [5, 5.41) is 2.87. The number of thiophene rings is 1. The summed E-state index contributed by atoms with van der Waals surface area (Å²) in [5.74, 6) is -0.534. The van der Waals surface area contributed by atoms with Gasteiger partial charge in [-0.2, -0.15) is 0 Å². The third-order valence-electron chi connectivity index (χ3n) is 5.04. The normalized spacial score (nSPS) is 10.8. The van der Waals surface area contributed by atoms with Crippen LogP contribution in [-0.2, 0) is 16.0 Å². The monoisotopic (exact) mass is 421 g/mol. The zero-order valence-corrected chi connectivity index (χ0v) is 18.2. The number of nitrogens with one attached hydrogen (secondary N) is 1. The first-order valence-corrected chi connectivity index (χ1v) is 11.0. The van der Waals surface area contributed by atoms with Crippen LogP contribution >= 0.6 is 11.3 Å². The summed E-state index contributed by atoms with van der Waals surface area (Å²) < 4.78 is 5.19. The quantitative estimate of drug-likeness (QED) is 0.488. The molecule has 30 heavy (non-hydrogen) atoms. The molecule has 4 nitrogen and oxygen atoms in total. The maximum atomic E-state index is 12.2. The number of ether oxygens (including phenoxy) is 1. The van der Waals surface area contributed by atoms with Gasteiger partial charge in [0.25, 0.3) is 5.91 Å². The third kappa shape index (κ3) is 5.80. The summed E-state index contributed by atoms with van der Waals surface area (Å²) in [6.45, 7) is 4.27. The molecule has 0 aliphatic rings. The van der Waals surface area contributed by atoms with Crippen molar-refractivity contribution < 1.29 is 14.3 Å². The number of aryl methyl sites for hydroxylation is 2. The van der Waals surface area contributed by atoms with E-state index < -0.39 is 5.97 Å². The predicted molar refractivity (Wildman–Crippen MR) is 121 cm³/mol. The Balaban J connectivity index is 1.51. The number of hydrogen-bond donors (Lipinski definition) is 1. The van der Waals surface area contributed by atoms with Crippen molar-refractivity contribution in [3.63, 3.8) is 0 Å². The lowest BCUT2D eigenvalue weighted by molar-refractivity contribution is -0.124. The van der Waals surface area contributed by atoms with Crippen LogP contribution in [0.25, 0.3) is 0 Å². The lowest BCUT2D eigenvalue weighted by Gasteiger charge is -2.18. The van der Waals surface area contributed by atoms with Crippen molar-refractivity contribution in [2.24, 2.45) is 0 Å².